The summed E-state index contributed by atoms with van der Waals surface area (Å²) in [6.07, 6.45) is 8.14. The monoisotopic (exact) mass is 999 g/mol. The molecular weight excluding hydrogens is 944 g/mol. The number of hydrogen-bond donors (Lipinski definition) is 0. The van der Waals surface area contributed by atoms with Crippen LogP contribution in [0.2, 0.25) is 10.0 Å². The summed E-state index contributed by atoms with van der Waals surface area (Å²) in [5.74, 6) is -0.104. The Labute approximate surface area is 416 Å². The maximum Gasteiger partial charge on any atom is 0.387 e. The van der Waals surface area contributed by atoms with Crippen LogP contribution in [0.1, 0.15) is 102 Å². The van der Waals surface area contributed by atoms with E-state index < -0.39 is 24.7 Å². The van der Waals surface area contributed by atoms with Crippen LogP contribution in [-0.2, 0) is 32.1 Å². The highest BCUT2D eigenvalue weighted by molar-refractivity contribution is 6.35. The molecule has 10 rings (SSSR count). The molecule has 12 nitrogen and oxygen atoms in total. The SMILES string of the molecule is O=C(C[C@@H](c1ccccc1)c1cccc(OCc2cccc(C(=O)N3CCCC[C@H]3C(=O)O[C@@H](Cc3c(Cl)c[nH+]cc3Cl)c3ccc(OC(F)F)c(OCC4CC4)c3)c2)c1)O[C@H]1CN2CCC1CC2.[OH-]. The van der Waals surface area contributed by atoms with Gasteiger partial charge in [0.1, 0.15) is 40.7 Å². The number of halogens is 4. The van der Waals surface area contributed by atoms with Gasteiger partial charge < -0.3 is 34.1 Å². The van der Waals surface area contributed by atoms with E-state index in [9.17, 15) is 23.2 Å². The van der Waals surface area contributed by atoms with Crippen molar-refractivity contribution in [2.24, 2.45) is 11.8 Å². The van der Waals surface area contributed by atoms with E-state index >= 15 is 0 Å². The van der Waals surface area contributed by atoms with Gasteiger partial charge in [-0.2, -0.15) is 8.78 Å². The second-order valence-corrected chi connectivity index (χ2v) is 19.3. The van der Waals surface area contributed by atoms with E-state index in [1.54, 1.807) is 47.6 Å². The largest absolute Gasteiger partial charge is 0.870 e. The zero-order valence-corrected chi connectivity index (χ0v) is 40.2. The molecule has 1 saturated carbocycles. The fourth-order valence-corrected chi connectivity index (χ4v) is 10.3. The molecule has 1 aromatic heterocycles. The number of aromatic nitrogens is 1. The number of alkyl halides is 2. The van der Waals surface area contributed by atoms with Crippen molar-refractivity contribution < 1.29 is 57.3 Å². The van der Waals surface area contributed by atoms with E-state index in [4.69, 9.17) is 46.9 Å². The van der Waals surface area contributed by atoms with Gasteiger partial charge in [-0.05, 0) is 129 Å². The zero-order chi connectivity index (χ0) is 47.9. The van der Waals surface area contributed by atoms with Crippen molar-refractivity contribution in [3.05, 3.63) is 153 Å². The molecule has 2 N–H and O–H groups in total. The summed E-state index contributed by atoms with van der Waals surface area (Å²) in [6.45, 7) is 0.681. The van der Waals surface area contributed by atoms with Gasteiger partial charge in [0.15, 0.2) is 23.9 Å². The molecule has 70 heavy (non-hydrogen) atoms. The van der Waals surface area contributed by atoms with Crippen molar-refractivity contribution in [3.63, 3.8) is 0 Å². The first-order valence-corrected chi connectivity index (χ1v) is 24.7. The normalized spacial score (nSPS) is 20.4. The average Bonchev–Trinajstić information content (AvgIpc) is 4.21. The lowest BCUT2D eigenvalue weighted by atomic mass is 9.85. The Balaban J connectivity index is 0.00000659. The van der Waals surface area contributed by atoms with E-state index in [-0.39, 0.29) is 60.3 Å². The number of carbonyl (C=O) groups excluding carboxylic acids is 3. The van der Waals surface area contributed by atoms with E-state index in [2.05, 4.69) is 9.88 Å². The first-order valence-electron chi connectivity index (χ1n) is 23.9. The van der Waals surface area contributed by atoms with Gasteiger partial charge in [-0.25, -0.2) is 9.78 Å². The van der Waals surface area contributed by atoms with Gasteiger partial charge in [0, 0.05) is 36.6 Å². The molecule has 0 unspecified atom stereocenters. The summed E-state index contributed by atoms with van der Waals surface area (Å²) in [5.41, 5.74) is 4.01. The molecule has 5 fully saturated rings. The highest BCUT2D eigenvalue weighted by atomic mass is 35.5. The van der Waals surface area contributed by atoms with E-state index in [0.717, 1.165) is 62.0 Å². The van der Waals surface area contributed by atoms with Gasteiger partial charge in [0.25, 0.3) is 5.91 Å². The van der Waals surface area contributed by atoms with Crippen molar-refractivity contribution >= 4 is 41.0 Å². The van der Waals surface area contributed by atoms with Gasteiger partial charge in [-0.3, -0.25) is 14.5 Å². The zero-order valence-electron chi connectivity index (χ0n) is 38.7. The van der Waals surface area contributed by atoms with Crippen LogP contribution in [0.3, 0.4) is 0 Å². The predicted molar refractivity (Wildman–Crippen MR) is 257 cm³/mol. The number of likely N-dealkylation sites (tertiary alicyclic amines) is 1. The van der Waals surface area contributed by atoms with Gasteiger partial charge in [0.2, 0.25) is 0 Å². The Kier molecular flexibility index (Phi) is 16.9. The molecule has 5 aliphatic rings. The van der Waals surface area contributed by atoms with Gasteiger partial charge >= 0.3 is 18.6 Å². The van der Waals surface area contributed by atoms with Crippen LogP contribution in [0.15, 0.2) is 109 Å². The van der Waals surface area contributed by atoms with Crippen LogP contribution < -0.4 is 19.2 Å². The third kappa shape index (κ3) is 12.7. The van der Waals surface area contributed by atoms with Crippen molar-refractivity contribution in [1.29, 1.82) is 0 Å². The Morgan fingerprint density at radius 2 is 1.51 bits per heavy atom. The average molecular weight is 1000 g/mol. The third-order valence-corrected chi connectivity index (χ3v) is 14.4. The van der Waals surface area contributed by atoms with Crippen LogP contribution in [0.5, 0.6) is 17.2 Å². The number of nitrogens with one attached hydrogen (secondary N) is 1. The number of benzene rings is 4. The summed E-state index contributed by atoms with van der Waals surface area (Å²) in [7, 11) is 0. The summed E-state index contributed by atoms with van der Waals surface area (Å²) >= 11 is 13.2. The van der Waals surface area contributed by atoms with Crippen LogP contribution in [-0.4, -0.2) is 84.7 Å². The first kappa shape index (κ1) is 50.6. The quantitative estimate of drug-likeness (QED) is 0.0732. The number of rotatable bonds is 19. The number of H-pyrrole nitrogens is 1. The number of aromatic amines is 1. The van der Waals surface area contributed by atoms with Crippen LogP contribution in [0.25, 0.3) is 0 Å². The van der Waals surface area contributed by atoms with Crippen LogP contribution in [0, 0.1) is 11.8 Å². The Morgan fingerprint density at radius 1 is 0.757 bits per heavy atom. The molecule has 4 atom stereocenters. The minimum Gasteiger partial charge on any atom is -0.870 e. The molecule has 4 aromatic carbocycles. The fourth-order valence-electron chi connectivity index (χ4n) is 9.74. The number of piperidine rings is 4. The minimum absolute atomic E-state index is 0. The van der Waals surface area contributed by atoms with Gasteiger partial charge in [-0.15, -0.1) is 0 Å². The molecule has 5 aromatic rings. The third-order valence-electron chi connectivity index (χ3n) is 13.7. The second-order valence-electron chi connectivity index (χ2n) is 18.5. The molecule has 2 bridgehead atoms. The smallest absolute Gasteiger partial charge is 0.387 e. The number of hydrogen-bond acceptors (Lipinski definition) is 10. The van der Waals surface area contributed by atoms with Crippen molar-refractivity contribution in [2.75, 3.05) is 32.8 Å². The van der Waals surface area contributed by atoms with Gasteiger partial charge in [0.05, 0.1) is 13.0 Å². The number of ether oxygens (including phenoxy) is 5. The lowest BCUT2D eigenvalue weighted by molar-refractivity contribution is -0.377. The lowest BCUT2D eigenvalue weighted by Gasteiger charge is -2.44. The Hall–Kier alpha value is -5.80. The molecule has 1 amide bonds. The number of carbonyl (C=O) groups is 3. The Bertz CT molecular complexity index is 2580. The summed E-state index contributed by atoms with van der Waals surface area (Å²) in [4.78, 5) is 49.1. The molecule has 0 radical (unpaired) electrons. The van der Waals surface area contributed by atoms with E-state index in [0.29, 0.717) is 76.7 Å². The minimum atomic E-state index is -3.08. The van der Waals surface area contributed by atoms with Crippen molar-refractivity contribution in [2.45, 2.75) is 95.2 Å². The van der Waals surface area contributed by atoms with E-state index in [1.165, 1.54) is 6.07 Å². The number of fused-ring (bicyclic) bond motifs is 3. The maximum atomic E-state index is 14.4. The molecule has 4 saturated heterocycles. The summed E-state index contributed by atoms with van der Waals surface area (Å²) < 4.78 is 56.4. The molecular formula is C54H57Cl2F2N3O9. The highest BCUT2D eigenvalue weighted by Crippen LogP contribution is 2.39. The Morgan fingerprint density at radius 3 is 2.24 bits per heavy atom. The van der Waals surface area contributed by atoms with Crippen molar-refractivity contribution in [1.82, 2.24) is 9.80 Å². The van der Waals surface area contributed by atoms with Gasteiger partial charge in [-0.1, -0.05) is 83.9 Å². The first-order chi connectivity index (χ1) is 33.5. The summed E-state index contributed by atoms with van der Waals surface area (Å²) in [6, 6.07) is 28.4. The fraction of sp³-hybridized carbons (Fsp3) is 0.407. The molecule has 16 heteroatoms. The lowest BCUT2D eigenvalue weighted by Crippen LogP contribution is -2.52. The highest BCUT2D eigenvalue weighted by Gasteiger charge is 2.38. The number of amides is 1. The predicted octanol–water partition coefficient (Wildman–Crippen LogP) is 10.3. The molecule has 4 aliphatic heterocycles. The number of pyridine rings is 1. The van der Waals surface area contributed by atoms with Crippen LogP contribution in [0.4, 0.5) is 8.78 Å². The number of esters is 2. The second kappa shape index (κ2) is 23.4. The topological polar surface area (TPSA) is 148 Å². The maximum absolute atomic E-state index is 14.4. The summed E-state index contributed by atoms with van der Waals surface area (Å²) in [5, 5.41) is 0.621. The standard InChI is InChI=1S/C54H55Cl2F2N3O8.H2O/c55-44-29-59-30-45(56)43(44)27-48(39-17-18-47(69-54(57)58)49(26-39)66-32-34-15-16-34)68-53(64)46-14-4-5-21-61(46)52(63)40-12-6-8-35(24-40)33-65-41-13-7-11-38(25-41)42(36-9-2-1-3-10-36)28-51(62)67-50-31-60-22-19-37(50)20-23-60;/h1-3,6-13,17-18,24-26,29-30,34,37,42,46,48,50,54H,4-5,14-16,19-23,27-28,31-33H2;1H2/t42-,46-,48-,50-;/m0./s1. The van der Waals surface area contributed by atoms with Crippen molar-refractivity contribution in [3.8, 4) is 17.2 Å². The molecule has 1 aliphatic carbocycles. The molecule has 0 spiro atoms. The van der Waals surface area contributed by atoms with Crippen LogP contribution >= 0.6 is 23.2 Å². The molecule has 370 valence electrons. The number of nitrogens with zero attached hydrogens (tertiary/aromatic N) is 2. The molecule has 5 heterocycles. The van der Waals surface area contributed by atoms with E-state index in [1.807, 2.05) is 60.7 Å².